The standard InChI is InChI=1S/C22H24N4O2S/c1-28-18-7-2-5-16(13-18)19-8-3-9-20(24-19)17-6-4-11-26(14-17)15-21(27)25-22-23-10-12-29-22/h2-3,5,7-10,12-13,17H,4,6,11,14-15H2,1H3,(H,23,25,27)/t17-/m1/s1. The van der Waals surface area contributed by atoms with Crippen LogP contribution in [0.2, 0.25) is 0 Å². The number of rotatable bonds is 6. The first-order chi connectivity index (χ1) is 14.2. The van der Waals surface area contributed by atoms with Gasteiger partial charge in [-0.05, 0) is 43.7 Å². The molecule has 7 heteroatoms. The molecule has 0 aliphatic carbocycles. The number of anilines is 1. The van der Waals surface area contributed by atoms with Crippen molar-refractivity contribution in [2.45, 2.75) is 18.8 Å². The number of carbonyl (C=O) groups is 1. The Morgan fingerprint density at radius 2 is 2.21 bits per heavy atom. The second kappa shape index (κ2) is 9.15. The van der Waals surface area contributed by atoms with Crippen LogP contribution >= 0.6 is 11.3 Å². The van der Waals surface area contributed by atoms with Gasteiger partial charge in [0.15, 0.2) is 5.13 Å². The largest absolute Gasteiger partial charge is 0.497 e. The molecule has 4 rings (SSSR count). The lowest BCUT2D eigenvalue weighted by Gasteiger charge is -2.32. The van der Waals surface area contributed by atoms with Gasteiger partial charge < -0.3 is 10.1 Å². The molecule has 1 atom stereocenters. The number of benzene rings is 1. The summed E-state index contributed by atoms with van der Waals surface area (Å²) < 4.78 is 5.34. The number of aromatic nitrogens is 2. The number of amides is 1. The SMILES string of the molecule is COc1cccc(-c2cccc([C@@H]3CCCN(CC(=O)Nc4nccs4)C3)n2)c1. The number of thiazole rings is 1. The Labute approximate surface area is 174 Å². The summed E-state index contributed by atoms with van der Waals surface area (Å²) in [7, 11) is 1.67. The average molecular weight is 409 g/mol. The molecule has 1 saturated heterocycles. The lowest BCUT2D eigenvalue weighted by molar-refractivity contribution is -0.117. The van der Waals surface area contributed by atoms with Crippen molar-refractivity contribution in [3.05, 3.63) is 59.7 Å². The zero-order valence-corrected chi connectivity index (χ0v) is 17.2. The van der Waals surface area contributed by atoms with Gasteiger partial charge in [0.25, 0.3) is 0 Å². The molecule has 0 spiro atoms. The van der Waals surface area contributed by atoms with Gasteiger partial charge in [-0.3, -0.25) is 14.7 Å². The molecule has 3 aromatic rings. The number of methoxy groups -OCH3 is 1. The summed E-state index contributed by atoms with van der Waals surface area (Å²) >= 11 is 1.43. The van der Waals surface area contributed by atoms with Gasteiger partial charge in [-0.15, -0.1) is 11.3 Å². The van der Waals surface area contributed by atoms with Gasteiger partial charge in [-0.1, -0.05) is 18.2 Å². The number of nitrogens with zero attached hydrogens (tertiary/aromatic N) is 3. The predicted molar refractivity (Wildman–Crippen MR) is 115 cm³/mol. The van der Waals surface area contributed by atoms with Crippen molar-refractivity contribution in [1.29, 1.82) is 0 Å². The van der Waals surface area contributed by atoms with Crippen molar-refractivity contribution in [2.24, 2.45) is 0 Å². The van der Waals surface area contributed by atoms with E-state index in [0.29, 0.717) is 17.6 Å². The molecule has 1 aliphatic rings. The Kier molecular flexibility index (Phi) is 6.17. The molecule has 3 heterocycles. The summed E-state index contributed by atoms with van der Waals surface area (Å²) in [4.78, 5) is 23.6. The molecule has 2 aromatic heterocycles. The van der Waals surface area contributed by atoms with Crippen LogP contribution in [0.1, 0.15) is 24.5 Å². The fourth-order valence-electron chi connectivity index (χ4n) is 3.71. The summed E-state index contributed by atoms with van der Waals surface area (Å²) in [6, 6.07) is 14.1. The van der Waals surface area contributed by atoms with E-state index >= 15 is 0 Å². The Bertz CT molecular complexity index is 961. The van der Waals surface area contributed by atoms with Crippen LogP contribution in [-0.2, 0) is 4.79 Å². The molecule has 0 unspecified atom stereocenters. The zero-order valence-electron chi connectivity index (χ0n) is 16.4. The fourth-order valence-corrected chi connectivity index (χ4v) is 4.25. The summed E-state index contributed by atoms with van der Waals surface area (Å²) in [5.74, 6) is 1.13. The lowest BCUT2D eigenvalue weighted by atomic mass is 9.94. The maximum Gasteiger partial charge on any atom is 0.240 e. The Morgan fingerprint density at radius 1 is 1.31 bits per heavy atom. The first kappa shape index (κ1) is 19.5. The van der Waals surface area contributed by atoms with Gasteiger partial charge >= 0.3 is 0 Å². The van der Waals surface area contributed by atoms with E-state index in [0.717, 1.165) is 48.6 Å². The number of ether oxygens (including phenoxy) is 1. The fraction of sp³-hybridized carbons (Fsp3) is 0.318. The molecule has 29 heavy (non-hydrogen) atoms. The molecule has 1 amide bonds. The highest BCUT2D eigenvalue weighted by Crippen LogP contribution is 2.28. The summed E-state index contributed by atoms with van der Waals surface area (Å²) in [6.07, 6.45) is 3.83. The Morgan fingerprint density at radius 3 is 3.03 bits per heavy atom. The van der Waals surface area contributed by atoms with Crippen molar-refractivity contribution >= 4 is 22.4 Å². The maximum atomic E-state index is 12.3. The third-order valence-corrected chi connectivity index (χ3v) is 5.79. The van der Waals surface area contributed by atoms with Crippen molar-refractivity contribution in [3.63, 3.8) is 0 Å². The van der Waals surface area contributed by atoms with Crippen LogP contribution < -0.4 is 10.1 Å². The molecular weight excluding hydrogens is 384 g/mol. The molecule has 1 aromatic carbocycles. The molecule has 0 radical (unpaired) electrons. The van der Waals surface area contributed by atoms with Crippen LogP contribution in [0.25, 0.3) is 11.3 Å². The van der Waals surface area contributed by atoms with Gasteiger partial charge in [0, 0.05) is 35.3 Å². The normalized spacial score (nSPS) is 17.1. The molecule has 0 bridgehead atoms. The van der Waals surface area contributed by atoms with Crippen LogP contribution in [0.5, 0.6) is 5.75 Å². The quantitative estimate of drug-likeness (QED) is 0.667. The van der Waals surface area contributed by atoms with Crippen LogP contribution in [0.4, 0.5) is 5.13 Å². The van der Waals surface area contributed by atoms with Gasteiger partial charge in [0.1, 0.15) is 5.75 Å². The van der Waals surface area contributed by atoms with Crippen LogP contribution in [0, 0.1) is 0 Å². The average Bonchev–Trinajstić information content (AvgIpc) is 3.27. The van der Waals surface area contributed by atoms with Crippen LogP contribution in [0.15, 0.2) is 54.0 Å². The van der Waals surface area contributed by atoms with Crippen LogP contribution in [-0.4, -0.2) is 47.5 Å². The number of hydrogen-bond donors (Lipinski definition) is 1. The monoisotopic (exact) mass is 408 g/mol. The number of likely N-dealkylation sites (tertiary alicyclic amines) is 1. The minimum absolute atomic E-state index is 0.0151. The van der Waals surface area contributed by atoms with E-state index in [2.05, 4.69) is 27.3 Å². The number of carbonyl (C=O) groups excluding carboxylic acids is 1. The molecule has 0 saturated carbocycles. The molecule has 1 N–H and O–H groups in total. The van der Waals surface area contributed by atoms with Crippen molar-refractivity contribution in [3.8, 4) is 17.0 Å². The van der Waals surface area contributed by atoms with Crippen molar-refractivity contribution < 1.29 is 9.53 Å². The Balaban J connectivity index is 1.43. The molecule has 6 nitrogen and oxygen atoms in total. The zero-order chi connectivity index (χ0) is 20.1. The number of hydrogen-bond acceptors (Lipinski definition) is 6. The van der Waals surface area contributed by atoms with E-state index in [9.17, 15) is 4.79 Å². The number of pyridine rings is 1. The van der Waals surface area contributed by atoms with Crippen molar-refractivity contribution in [2.75, 3.05) is 32.1 Å². The van der Waals surface area contributed by atoms with E-state index in [1.54, 1.807) is 13.3 Å². The number of piperidine rings is 1. The van der Waals surface area contributed by atoms with Crippen LogP contribution in [0.3, 0.4) is 0 Å². The maximum absolute atomic E-state index is 12.3. The third kappa shape index (κ3) is 4.99. The van der Waals surface area contributed by atoms with Gasteiger partial charge in [0.2, 0.25) is 5.91 Å². The van der Waals surface area contributed by atoms with Gasteiger partial charge in [-0.25, -0.2) is 4.98 Å². The summed E-state index contributed by atoms with van der Waals surface area (Å²) in [5, 5.41) is 5.37. The smallest absolute Gasteiger partial charge is 0.240 e. The van der Waals surface area contributed by atoms with E-state index in [1.165, 1.54) is 11.3 Å². The highest BCUT2D eigenvalue weighted by molar-refractivity contribution is 7.13. The van der Waals surface area contributed by atoms with E-state index in [4.69, 9.17) is 9.72 Å². The Hall–Kier alpha value is -2.77. The van der Waals surface area contributed by atoms with E-state index < -0.39 is 0 Å². The lowest BCUT2D eigenvalue weighted by Crippen LogP contribution is -2.40. The minimum Gasteiger partial charge on any atom is -0.497 e. The topological polar surface area (TPSA) is 67.3 Å². The predicted octanol–water partition coefficient (Wildman–Crippen LogP) is 4.03. The second-order valence-corrected chi connectivity index (χ2v) is 8.03. The first-order valence-corrected chi connectivity index (χ1v) is 10.6. The highest BCUT2D eigenvalue weighted by atomic mass is 32.1. The highest BCUT2D eigenvalue weighted by Gasteiger charge is 2.24. The minimum atomic E-state index is -0.0151. The van der Waals surface area contributed by atoms with Gasteiger partial charge in [0.05, 0.1) is 19.3 Å². The van der Waals surface area contributed by atoms with E-state index in [1.807, 2.05) is 35.7 Å². The molecule has 1 aliphatic heterocycles. The molecular formula is C22H24N4O2S. The molecule has 1 fully saturated rings. The summed E-state index contributed by atoms with van der Waals surface area (Å²) in [6.45, 7) is 2.14. The van der Waals surface area contributed by atoms with Gasteiger partial charge in [-0.2, -0.15) is 0 Å². The summed E-state index contributed by atoms with van der Waals surface area (Å²) in [5.41, 5.74) is 3.07. The molecule has 150 valence electrons. The first-order valence-electron chi connectivity index (χ1n) is 9.74. The number of nitrogens with one attached hydrogen (secondary N) is 1. The van der Waals surface area contributed by atoms with E-state index in [-0.39, 0.29) is 5.91 Å². The van der Waals surface area contributed by atoms with Crippen molar-refractivity contribution in [1.82, 2.24) is 14.9 Å². The third-order valence-electron chi connectivity index (χ3n) is 5.11. The second-order valence-electron chi connectivity index (χ2n) is 7.14.